The fourth-order valence-electron chi connectivity index (χ4n) is 6.13. The summed E-state index contributed by atoms with van der Waals surface area (Å²) in [5.74, 6) is -0.310. The first kappa shape index (κ1) is 26.3. The number of nitrogens with zero attached hydrogens (tertiary/aromatic N) is 2. The number of aliphatic carboxylic acids is 1. The van der Waals surface area contributed by atoms with Crippen molar-refractivity contribution in [3.8, 4) is 16.9 Å². The maximum absolute atomic E-state index is 13.2. The number of fused-ring (bicyclic) bond motifs is 1. The van der Waals surface area contributed by atoms with Gasteiger partial charge in [0, 0.05) is 48.1 Å². The van der Waals surface area contributed by atoms with Crippen molar-refractivity contribution in [3.63, 3.8) is 0 Å². The van der Waals surface area contributed by atoms with E-state index in [1.165, 1.54) is 5.57 Å². The Kier molecular flexibility index (Phi) is 6.53. The van der Waals surface area contributed by atoms with Gasteiger partial charge in [-0.05, 0) is 87.6 Å². The van der Waals surface area contributed by atoms with Crippen molar-refractivity contribution in [2.24, 2.45) is 0 Å². The van der Waals surface area contributed by atoms with E-state index >= 15 is 0 Å². The molecule has 208 valence electrons. The molecule has 1 fully saturated rings. The van der Waals surface area contributed by atoms with Crippen LogP contribution in [0.1, 0.15) is 73.3 Å². The molecular formula is C32H35N3O5. The lowest BCUT2D eigenvalue weighted by Gasteiger charge is -2.31. The fourth-order valence-corrected chi connectivity index (χ4v) is 6.13. The zero-order valence-corrected chi connectivity index (χ0v) is 23.5. The second-order valence-corrected chi connectivity index (χ2v) is 11.8. The Morgan fingerprint density at radius 3 is 2.62 bits per heavy atom. The zero-order chi connectivity index (χ0) is 28.2. The number of ether oxygens (including phenoxy) is 2. The van der Waals surface area contributed by atoms with Gasteiger partial charge in [-0.25, -0.2) is 9.78 Å². The third-order valence-electron chi connectivity index (χ3n) is 7.83. The van der Waals surface area contributed by atoms with Crippen molar-refractivity contribution in [2.75, 3.05) is 31.6 Å². The molecule has 1 atom stereocenters. The summed E-state index contributed by atoms with van der Waals surface area (Å²) in [5, 5.41) is 14.7. The second-order valence-electron chi connectivity index (χ2n) is 11.8. The van der Waals surface area contributed by atoms with Gasteiger partial charge in [-0.15, -0.1) is 0 Å². The average molecular weight is 542 g/mol. The summed E-state index contributed by atoms with van der Waals surface area (Å²) in [6, 6.07) is 9.50. The van der Waals surface area contributed by atoms with Crippen molar-refractivity contribution in [2.45, 2.75) is 58.7 Å². The summed E-state index contributed by atoms with van der Waals surface area (Å²) in [6.07, 6.45) is 3.81. The van der Waals surface area contributed by atoms with E-state index in [1.54, 1.807) is 6.07 Å². The van der Waals surface area contributed by atoms with Crippen molar-refractivity contribution in [1.82, 2.24) is 9.88 Å². The number of carbonyl (C=O) groups is 2. The molecule has 1 aromatic heterocycles. The molecule has 8 heteroatoms. The summed E-state index contributed by atoms with van der Waals surface area (Å²) < 4.78 is 12.2. The molecule has 4 heterocycles. The molecule has 1 amide bonds. The quantitative estimate of drug-likeness (QED) is 0.410. The summed E-state index contributed by atoms with van der Waals surface area (Å²) in [4.78, 5) is 32.6. The van der Waals surface area contributed by atoms with Gasteiger partial charge in [-0.2, -0.15) is 0 Å². The number of benzene rings is 2. The van der Waals surface area contributed by atoms with Gasteiger partial charge >= 0.3 is 5.97 Å². The highest BCUT2D eigenvalue weighted by Crippen LogP contribution is 2.49. The largest absolute Gasteiger partial charge is 0.493 e. The predicted molar refractivity (Wildman–Crippen MR) is 155 cm³/mol. The number of hydrogen-bond donors (Lipinski definition) is 2. The first-order valence-corrected chi connectivity index (χ1v) is 14.0. The van der Waals surface area contributed by atoms with Gasteiger partial charge < -0.3 is 24.8 Å². The number of anilines is 1. The van der Waals surface area contributed by atoms with E-state index in [9.17, 15) is 14.7 Å². The minimum absolute atomic E-state index is 0.0698. The van der Waals surface area contributed by atoms with Gasteiger partial charge in [-0.1, -0.05) is 6.08 Å². The number of rotatable bonds is 5. The molecule has 1 saturated heterocycles. The predicted octanol–water partition coefficient (Wildman–Crippen LogP) is 5.98. The molecular weight excluding hydrogens is 506 g/mol. The smallest absolute Gasteiger partial charge is 0.337 e. The van der Waals surface area contributed by atoms with E-state index in [0.29, 0.717) is 29.9 Å². The Balaban J connectivity index is 1.62. The minimum atomic E-state index is -1.21. The molecule has 0 radical (unpaired) electrons. The lowest BCUT2D eigenvalue weighted by Crippen LogP contribution is -2.29. The summed E-state index contributed by atoms with van der Waals surface area (Å²) >= 11 is 0. The SMILES string of the molecule is Cc1cc2nc(C(=O)N3CCCC3)ccc2c(-c2ccc3c4c2NCC=C4CCO3)c1C(OC(C)(C)C)C(=O)O. The third kappa shape index (κ3) is 4.60. The average Bonchev–Trinajstić information content (AvgIpc) is 3.46. The van der Waals surface area contributed by atoms with E-state index in [2.05, 4.69) is 11.4 Å². The van der Waals surface area contributed by atoms with Crippen LogP contribution in [0.5, 0.6) is 5.75 Å². The van der Waals surface area contributed by atoms with Crippen molar-refractivity contribution >= 4 is 34.0 Å². The Morgan fingerprint density at radius 2 is 1.90 bits per heavy atom. The number of likely N-dealkylation sites (tertiary alicyclic amines) is 1. The van der Waals surface area contributed by atoms with Crippen LogP contribution in [0.4, 0.5) is 5.69 Å². The molecule has 0 spiro atoms. The Labute approximate surface area is 234 Å². The maximum atomic E-state index is 13.2. The van der Waals surface area contributed by atoms with Gasteiger partial charge in [0.2, 0.25) is 0 Å². The number of carbonyl (C=O) groups excluding carboxylic acids is 1. The monoisotopic (exact) mass is 541 g/mol. The number of hydrogen-bond acceptors (Lipinski definition) is 6. The van der Waals surface area contributed by atoms with E-state index in [0.717, 1.165) is 71.4 Å². The number of nitrogens with one attached hydrogen (secondary N) is 1. The molecule has 2 aromatic carbocycles. The van der Waals surface area contributed by atoms with Crippen molar-refractivity contribution in [3.05, 3.63) is 58.8 Å². The van der Waals surface area contributed by atoms with Crippen LogP contribution in [-0.4, -0.2) is 58.7 Å². The molecule has 3 aromatic rings. The van der Waals surface area contributed by atoms with Crippen LogP contribution in [0.2, 0.25) is 0 Å². The Morgan fingerprint density at radius 1 is 1.12 bits per heavy atom. The van der Waals surface area contributed by atoms with E-state index in [1.807, 2.05) is 56.9 Å². The minimum Gasteiger partial charge on any atom is -0.493 e. The molecule has 40 heavy (non-hydrogen) atoms. The Hall–Kier alpha value is -3.91. The number of aromatic nitrogens is 1. The topological polar surface area (TPSA) is 101 Å². The maximum Gasteiger partial charge on any atom is 0.337 e. The highest BCUT2D eigenvalue weighted by molar-refractivity contribution is 6.06. The summed E-state index contributed by atoms with van der Waals surface area (Å²) in [5.41, 5.74) is 6.45. The highest BCUT2D eigenvalue weighted by Gasteiger charge is 2.34. The number of pyridine rings is 1. The molecule has 8 nitrogen and oxygen atoms in total. The fraction of sp³-hybridized carbons (Fsp3) is 0.406. The molecule has 3 aliphatic rings. The van der Waals surface area contributed by atoms with Crippen LogP contribution in [0.25, 0.3) is 27.6 Å². The number of amides is 1. The standard InChI is InChI=1S/C32H35N3O5/c1-18-17-23-20(7-9-22(34-23)30(36)35-14-5-6-15-35)27(25(18)29(31(37)38)40-32(2,3)4)21-8-10-24-26-19(12-16-39-24)11-13-33-28(21)26/h7-11,17,29,33H,5-6,12-16H2,1-4H3,(H,37,38). The molecule has 0 aliphatic carbocycles. The number of carboxylic acids is 1. The van der Waals surface area contributed by atoms with E-state index in [-0.39, 0.29) is 5.91 Å². The highest BCUT2D eigenvalue weighted by atomic mass is 16.5. The van der Waals surface area contributed by atoms with Crippen LogP contribution in [-0.2, 0) is 9.53 Å². The van der Waals surface area contributed by atoms with Gasteiger partial charge in [-0.3, -0.25) is 4.79 Å². The van der Waals surface area contributed by atoms with Crippen molar-refractivity contribution in [1.29, 1.82) is 0 Å². The molecule has 1 unspecified atom stereocenters. The van der Waals surface area contributed by atoms with Gasteiger partial charge in [0.1, 0.15) is 11.4 Å². The van der Waals surface area contributed by atoms with E-state index < -0.39 is 17.7 Å². The van der Waals surface area contributed by atoms with Crippen LogP contribution in [0.15, 0.2) is 36.4 Å². The first-order valence-electron chi connectivity index (χ1n) is 14.0. The van der Waals surface area contributed by atoms with Crippen LogP contribution in [0.3, 0.4) is 0 Å². The van der Waals surface area contributed by atoms with Crippen LogP contribution in [0, 0.1) is 6.92 Å². The lowest BCUT2D eigenvalue weighted by molar-refractivity contribution is -0.160. The first-order chi connectivity index (χ1) is 19.1. The zero-order valence-electron chi connectivity index (χ0n) is 23.5. The molecule has 0 saturated carbocycles. The number of aryl methyl sites for hydroxylation is 1. The van der Waals surface area contributed by atoms with Crippen LogP contribution < -0.4 is 10.1 Å². The van der Waals surface area contributed by atoms with Gasteiger partial charge in [0.05, 0.1) is 23.4 Å². The molecule has 0 bridgehead atoms. The second kappa shape index (κ2) is 9.93. The van der Waals surface area contributed by atoms with Gasteiger partial charge in [0.15, 0.2) is 6.10 Å². The van der Waals surface area contributed by atoms with Gasteiger partial charge in [0.25, 0.3) is 5.91 Å². The molecule has 2 N–H and O–H groups in total. The lowest BCUT2D eigenvalue weighted by atomic mass is 9.84. The molecule has 3 aliphatic heterocycles. The summed E-state index contributed by atoms with van der Waals surface area (Å²) in [7, 11) is 0. The van der Waals surface area contributed by atoms with E-state index in [4.69, 9.17) is 14.5 Å². The summed E-state index contributed by atoms with van der Waals surface area (Å²) in [6.45, 7) is 10.3. The normalized spacial score (nSPS) is 17.1. The Bertz CT molecular complexity index is 1560. The van der Waals surface area contributed by atoms with Crippen LogP contribution >= 0.6 is 0 Å². The third-order valence-corrected chi connectivity index (χ3v) is 7.83. The molecule has 6 rings (SSSR count). The number of carboxylic acid groups (broad SMARTS) is 1. The van der Waals surface area contributed by atoms with Crippen molar-refractivity contribution < 1.29 is 24.2 Å².